The van der Waals surface area contributed by atoms with E-state index in [-0.39, 0.29) is 0 Å². The van der Waals surface area contributed by atoms with E-state index in [0.29, 0.717) is 0 Å². The zero-order chi connectivity index (χ0) is 32.8. The largest absolute Gasteiger partial charge is 0.454 e. The van der Waals surface area contributed by atoms with Crippen LogP contribution in [0.25, 0.3) is 80.4 Å². The Morgan fingerprint density at radius 3 is 2.02 bits per heavy atom. The Labute approximate surface area is 291 Å². The van der Waals surface area contributed by atoms with Crippen LogP contribution < -0.4 is 4.90 Å². The van der Waals surface area contributed by atoms with Gasteiger partial charge in [0, 0.05) is 42.7 Å². The van der Waals surface area contributed by atoms with Crippen LogP contribution in [0.3, 0.4) is 0 Å². The van der Waals surface area contributed by atoms with Crippen molar-refractivity contribution in [2.45, 2.75) is 0 Å². The van der Waals surface area contributed by atoms with Gasteiger partial charge in [0.2, 0.25) is 0 Å². The number of thiophene rings is 1. The maximum Gasteiger partial charge on any atom is 0.159 e. The van der Waals surface area contributed by atoms with Crippen LogP contribution in [-0.2, 0) is 0 Å². The van der Waals surface area contributed by atoms with Gasteiger partial charge in [-0.3, -0.25) is 0 Å². The molecule has 11 rings (SSSR count). The summed E-state index contributed by atoms with van der Waals surface area (Å²) in [7, 11) is 0. The minimum Gasteiger partial charge on any atom is -0.454 e. The lowest BCUT2D eigenvalue weighted by atomic mass is 10.0. The van der Waals surface area contributed by atoms with E-state index in [2.05, 4.69) is 173 Å². The molecule has 0 amide bonds. The van der Waals surface area contributed by atoms with Gasteiger partial charge in [-0.2, -0.15) is 0 Å². The van der Waals surface area contributed by atoms with Crippen molar-refractivity contribution < 1.29 is 4.42 Å². The van der Waals surface area contributed by atoms with Crippen LogP contribution in [0.15, 0.2) is 174 Å². The Balaban J connectivity index is 1.34. The summed E-state index contributed by atoms with van der Waals surface area (Å²) in [4.78, 5) is 2.47. The molecule has 234 valence electrons. The summed E-state index contributed by atoms with van der Waals surface area (Å²) in [5.41, 5.74) is 8.49. The lowest BCUT2D eigenvalue weighted by Gasteiger charge is -2.27. The molecule has 3 aromatic heterocycles. The number of rotatable bonds is 4. The van der Waals surface area contributed by atoms with Gasteiger partial charge >= 0.3 is 0 Å². The number of nitrogens with zero attached hydrogens (tertiary/aromatic N) is 2. The lowest BCUT2D eigenvalue weighted by Crippen LogP contribution is -2.11. The van der Waals surface area contributed by atoms with Crippen molar-refractivity contribution in [1.29, 1.82) is 0 Å². The molecule has 0 unspecified atom stereocenters. The van der Waals surface area contributed by atoms with Gasteiger partial charge in [-0.1, -0.05) is 115 Å². The van der Waals surface area contributed by atoms with Crippen LogP contribution in [0.2, 0.25) is 0 Å². The molecule has 0 aliphatic rings. The number of fused-ring (bicyclic) bond motifs is 11. The van der Waals surface area contributed by atoms with Gasteiger partial charge in [-0.05, 0) is 65.4 Å². The monoisotopic (exact) mass is 656 g/mol. The summed E-state index contributed by atoms with van der Waals surface area (Å²) in [6.45, 7) is 0. The normalized spacial score (nSPS) is 12.0. The van der Waals surface area contributed by atoms with Gasteiger partial charge in [0.1, 0.15) is 5.58 Å². The number of hydrogen-bond donors (Lipinski definition) is 0. The average molecular weight is 657 g/mol. The Morgan fingerprint density at radius 2 is 1.12 bits per heavy atom. The minimum atomic E-state index is 0.875. The molecule has 11 aromatic rings. The number of aromatic nitrogens is 1. The quantitative estimate of drug-likeness (QED) is 0.188. The molecule has 0 saturated heterocycles. The van der Waals surface area contributed by atoms with Crippen LogP contribution in [0, 0.1) is 0 Å². The van der Waals surface area contributed by atoms with Crippen molar-refractivity contribution in [3.8, 4) is 5.69 Å². The number of para-hydroxylation sites is 4. The highest BCUT2D eigenvalue weighted by Gasteiger charge is 2.27. The standard InChI is InChI=1S/C46H28N2OS/c1-2-15-30(16-3-1)47-36-22-9-6-19-34(36)44-37(47)23-13-24-38(44)48(39-25-12-21-33-32-18-7-10-26-41(32)49-45(33)39)40-28-29-14-4-5-17-31(29)43-35-20-8-11-27-42(35)50-46(40)43/h1-28H. The third kappa shape index (κ3) is 3.85. The molecular formula is C46H28N2OS. The average Bonchev–Trinajstić information content (AvgIpc) is 3.86. The Morgan fingerprint density at radius 1 is 0.460 bits per heavy atom. The first-order chi connectivity index (χ1) is 24.8. The van der Waals surface area contributed by atoms with Crippen LogP contribution >= 0.6 is 11.3 Å². The first-order valence-corrected chi connectivity index (χ1v) is 17.8. The minimum absolute atomic E-state index is 0.875. The molecule has 0 fully saturated rings. The van der Waals surface area contributed by atoms with Crippen molar-refractivity contribution in [1.82, 2.24) is 4.57 Å². The zero-order valence-corrected chi connectivity index (χ0v) is 27.7. The molecule has 0 atom stereocenters. The summed E-state index contributed by atoms with van der Waals surface area (Å²) < 4.78 is 11.7. The van der Waals surface area contributed by atoms with E-state index in [1.165, 1.54) is 47.2 Å². The molecule has 8 aromatic carbocycles. The fourth-order valence-corrected chi connectivity index (χ4v) is 9.29. The summed E-state index contributed by atoms with van der Waals surface area (Å²) >= 11 is 1.86. The molecule has 0 bridgehead atoms. The first kappa shape index (κ1) is 27.6. The number of furan rings is 1. The van der Waals surface area contributed by atoms with E-state index in [0.717, 1.165) is 50.2 Å². The lowest BCUT2D eigenvalue weighted by molar-refractivity contribution is 0.669. The van der Waals surface area contributed by atoms with E-state index in [9.17, 15) is 0 Å². The van der Waals surface area contributed by atoms with Crippen LogP contribution in [0.1, 0.15) is 0 Å². The van der Waals surface area contributed by atoms with Gasteiger partial charge in [0.15, 0.2) is 5.58 Å². The van der Waals surface area contributed by atoms with Crippen molar-refractivity contribution in [2.24, 2.45) is 0 Å². The van der Waals surface area contributed by atoms with Gasteiger partial charge in [-0.15, -0.1) is 11.3 Å². The molecule has 0 aliphatic carbocycles. The second kappa shape index (κ2) is 10.6. The third-order valence-electron chi connectivity index (χ3n) is 10.1. The number of anilines is 3. The summed E-state index contributed by atoms with van der Waals surface area (Å²) in [5, 5.41) is 9.68. The first-order valence-electron chi connectivity index (χ1n) is 16.9. The van der Waals surface area contributed by atoms with Crippen molar-refractivity contribution in [3.63, 3.8) is 0 Å². The fourth-order valence-electron chi connectivity index (χ4n) is 8.06. The van der Waals surface area contributed by atoms with Gasteiger partial charge in [-0.25, -0.2) is 0 Å². The Kier molecular flexibility index (Phi) is 5.83. The van der Waals surface area contributed by atoms with E-state index in [1.807, 2.05) is 17.4 Å². The van der Waals surface area contributed by atoms with E-state index in [1.54, 1.807) is 0 Å². The second-order valence-electron chi connectivity index (χ2n) is 12.9. The van der Waals surface area contributed by atoms with Crippen molar-refractivity contribution in [3.05, 3.63) is 170 Å². The summed E-state index contributed by atoms with van der Waals surface area (Å²) in [6, 6.07) is 61.1. The Bertz CT molecular complexity index is 3110. The van der Waals surface area contributed by atoms with E-state index < -0.39 is 0 Å². The van der Waals surface area contributed by atoms with Crippen molar-refractivity contribution in [2.75, 3.05) is 4.90 Å². The Hall–Kier alpha value is -6.36. The maximum atomic E-state index is 6.80. The number of benzene rings is 8. The van der Waals surface area contributed by atoms with E-state index in [4.69, 9.17) is 4.42 Å². The molecular weight excluding hydrogens is 629 g/mol. The molecule has 3 heterocycles. The predicted octanol–water partition coefficient (Wildman–Crippen LogP) is 13.7. The number of hydrogen-bond acceptors (Lipinski definition) is 3. The van der Waals surface area contributed by atoms with E-state index >= 15 is 0 Å². The highest BCUT2D eigenvalue weighted by molar-refractivity contribution is 7.26. The second-order valence-corrected chi connectivity index (χ2v) is 13.9. The third-order valence-corrected chi connectivity index (χ3v) is 11.3. The molecule has 0 spiro atoms. The fraction of sp³-hybridized carbons (Fsp3) is 0. The highest BCUT2D eigenvalue weighted by atomic mass is 32.1. The molecule has 0 aliphatic heterocycles. The van der Waals surface area contributed by atoms with Crippen LogP contribution in [-0.4, -0.2) is 4.57 Å². The smallest absolute Gasteiger partial charge is 0.159 e. The molecule has 0 saturated carbocycles. The molecule has 4 heteroatoms. The summed E-state index contributed by atoms with van der Waals surface area (Å²) in [6.07, 6.45) is 0. The van der Waals surface area contributed by atoms with Crippen LogP contribution in [0.5, 0.6) is 0 Å². The van der Waals surface area contributed by atoms with Gasteiger partial charge in [0.05, 0.1) is 32.8 Å². The van der Waals surface area contributed by atoms with Crippen LogP contribution in [0.4, 0.5) is 17.1 Å². The van der Waals surface area contributed by atoms with Gasteiger partial charge in [0.25, 0.3) is 0 Å². The van der Waals surface area contributed by atoms with Crippen molar-refractivity contribution >= 4 is 103 Å². The topological polar surface area (TPSA) is 21.3 Å². The van der Waals surface area contributed by atoms with Gasteiger partial charge < -0.3 is 13.9 Å². The highest BCUT2D eigenvalue weighted by Crippen LogP contribution is 2.52. The molecule has 0 radical (unpaired) electrons. The SMILES string of the molecule is c1ccc(-n2c3ccccc3c3c(N(c4cccc5c4oc4ccccc45)c4cc5ccccc5c5c4sc4ccccc45)cccc32)cc1. The zero-order valence-electron chi connectivity index (χ0n) is 26.9. The predicted molar refractivity (Wildman–Crippen MR) is 213 cm³/mol. The maximum absolute atomic E-state index is 6.80. The molecule has 50 heavy (non-hydrogen) atoms. The molecule has 0 N–H and O–H groups in total. The molecule has 3 nitrogen and oxygen atoms in total. The summed E-state index contributed by atoms with van der Waals surface area (Å²) in [5.74, 6) is 0.